The maximum atomic E-state index is 4.13. The maximum Gasteiger partial charge on any atom is 0.0990 e. The van der Waals surface area contributed by atoms with Gasteiger partial charge in [-0.1, -0.05) is 82.0 Å². The molecule has 0 aliphatic rings. The van der Waals surface area contributed by atoms with E-state index in [1.807, 2.05) is 12.2 Å². The summed E-state index contributed by atoms with van der Waals surface area (Å²) >= 11 is 0. The van der Waals surface area contributed by atoms with Gasteiger partial charge in [-0.05, 0) is 60.6 Å². The molecule has 0 saturated carbocycles. The third-order valence-electron chi connectivity index (χ3n) is 5.21. The molecule has 2 atom stereocenters. The number of hydrogen-bond donors (Lipinski definition) is 2. The SMILES string of the molecule is C=C/C=C(\NC(Nc1ccc(C(=C)CC)cc1)C(C)CC)c1ccc(C)cc1. The average molecular weight is 375 g/mol. The molecule has 2 unspecified atom stereocenters. The Morgan fingerprint density at radius 2 is 1.61 bits per heavy atom. The quantitative estimate of drug-likeness (QED) is 0.345. The zero-order valence-corrected chi connectivity index (χ0v) is 17.8. The fraction of sp³-hybridized carbons (Fsp3) is 0.308. The van der Waals surface area contributed by atoms with Gasteiger partial charge in [-0.15, -0.1) is 0 Å². The first-order chi connectivity index (χ1) is 13.5. The van der Waals surface area contributed by atoms with Crippen molar-refractivity contribution in [3.63, 3.8) is 0 Å². The highest BCUT2D eigenvalue weighted by atomic mass is 15.1. The van der Waals surface area contributed by atoms with Crippen molar-refractivity contribution in [2.45, 2.75) is 46.7 Å². The molecule has 2 aromatic rings. The largest absolute Gasteiger partial charge is 0.365 e. The first-order valence-corrected chi connectivity index (χ1v) is 10.2. The Balaban J connectivity index is 2.22. The fourth-order valence-corrected chi connectivity index (χ4v) is 2.99. The van der Waals surface area contributed by atoms with E-state index in [1.54, 1.807) is 0 Å². The van der Waals surface area contributed by atoms with E-state index in [1.165, 1.54) is 16.7 Å². The van der Waals surface area contributed by atoms with Crippen LogP contribution < -0.4 is 10.6 Å². The van der Waals surface area contributed by atoms with Crippen molar-refractivity contribution in [2.24, 2.45) is 5.92 Å². The van der Waals surface area contributed by atoms with E-state index in [-0.39, 0.29) is 6.17 Å². The Morgan fingerprint density at radius 1 is 1.00 bits per heavy atom. The van der Waals surface area contributed by atoms with Crippen LogP contribution in [-0.2, 0) is 0 Å². The van der Waals surface area contributed by atoms with Crippen molar-refractivity contribution in [1.29, 1.82) is 0 Å². The molecule has 2 nitrogen and oxygen atoms in total. The molecular formula is C26H34N2. The second-order valence-corrected chi connectivity index (χ2v) is 7.37. The van der Waals surface area contributed by atoms with E-state index in [0.29, 0.717) is 5.92 Å². The van der Waals surface area contributed by atoms with E-state index in [0.717, 1.165) is 29.8 Å². The van der Waals surface area contributed by atoms with Gasteiger partial charge in [-0.3, -0.25) is 0 Å². The number of benzene rings is 2. The molecule has 0 aliphatic carbocycles. The third-order valence-corrected chi connectivity index (χ3v) is 5.21. The Bertz CT molecular complexity index is 797. The molecule has 0 fully saturated rings. The molecule has 0 aliphatic heterocycles. The molecule has 28 heavy (non-hydrogen) atoms. The van der Waals surface area contributed by atoms with Crippen LogP contribution in [0.3, 0.4) is 0 Å². The van der Waals surface area contributed by atoms with Crippen LogP contribution in [0.4, 0.5) is 5.69 Å². The monoisotopic (exact) mass is 374 g/mol. The topological polar surface area (TPSA) is 24.1 Å². The fourth-order valence-electron chi connectivity index (χ4n) is 2.99. The normalized spacial score (nSPS) is 13.5. The molecule has 0 heterocycles. The molecule has 2 heteroatoms. The zero-order valence-electron chi connectivity index (χ0n) is 17.8. The average Bonchev–Trinajstić information content (AvgIpc) is 2.72. The summed E-state index contributed by atoms with van der Waals surface area (Å²) in [5.41, 5.74) is 6.96. The summed E-state index contributed by atoms with van der Waals surface area (Å²) < 4.78 is 0. The summed E-state index contributed by atoms with van der Waals surface area (Å²) in [5, 5.41) is 7.37. The zero-order chi connectivity index (χ0) is 20.5. The summed E-state index contributed by atoms with van der Waals surface area (Å²) in [6.45, 7) is 16.7. The minimum absolute atomic E-state index is 0.109. The number of anilines is 1. The Kier molecular flexibility index (Phi) is 8.13. The molecule has 0 aromatic heterocycles. The minimum atomic E-state index is 0.109. The lowest BCUT2D eigenvalue weighted by atomic mass is 10.0. The van der Waals surface area contributed by atoms with Crippen molar-refractivity contribution >= 4 is 17.0 Å². The van der Waals surface area contributed by atoms with Crippen LogP contribution in [0.15, 0.2) is 73.8 Å². The first-order valence-electron chi connectivity index (χ1n) is 10.2. The van der Waals surface area contributed by atoms with Gasteiger partial charge < -0.3 is 10.6 Å². The molecule has 0 radical (unpaired) electrons. The summed E-state index contributed by atoms with van der Waals surface area (Å²) in [6.07, 6.45) is 6.02. The molecule has 148 valence electrons. The Hall–Kier alpha value is -2.74. The van der Waals surface area contributed by atoms with E-state index in [9.17, 15) is 0 Å². The predicted octanol–water partition coefficient (Wildman–Crippen LogP) is 7.02. The van der Waals surface area contributed by atoms with Gasteiger partial charge in [-0.25, -0.2) is 0 Å². The van der Waals surface area contributed by atoms with Crippen molar-refractivity contribution < 1.29 is 0 Å². The first kappa shape index (κ1) is 21.6. The van der Waals surface area contributed by atoms with Crippen molar-refractivity contribution in [1.82, 2.24) is 5.32 Å². The van der Waals surface area contributed by atoms with Crippen LogP contribution in [0, 0.1) is 12.8 Å². The van der Waals surface area contributed by atoms with E-state index >= 15 is 0 Å². The number of rotatable bonds is 10. The molecule has 0 bridgehead atoms. The molecular weight excluding hydrogens is 340 g/mol. The van der Waals surface area contributed by atoms with Gasteiger partial charge in [-0.2, -0.15) is 0 Å². The Labute approximate surface area is 171 Å². The number of hydrogen-bond acceptors (Lipinski definition) is 2. The highest BCUT2D eigenvalue weighted by molar-refractivity contribution is 5.67. The minimum Gasteiger partial charge on any atom is -0.365 e. The van der Waals surface area contributed by atoms with Crippen LogP contribution in [-0.4, -0.2) is 6.17 Å². The van der Waals surface area contributed by atoms with Gasteiger partial charge in [0.25, 0.3) is 0 Å². The van der Waals surface area contributed by atoms with Crippen LogP contribution in [0.25, 0.3) is 11.3 Å². The molecule has 0 spiro atoms. The summed E-state index contributed by atoms with van der Waals surface area (Å²) in [5.74, 6) is 0.448. The van der Waals surface area contributed by atoms with E-state index in [2.05, 4.69) is 100 Å². The number of aryl methyl sites for hydroxylation is 1. The highest BCUT2D eigenvalue weighted by Crippen LogP contribution is 2.22. The van der Waals surface area contributed by atoms with Crippen LogP contribution in [0.5, 0.6) is 0 Å². The lowest BCUT2D eigenvalue weighted by molar-refractivity contribution is 0.441. The predicted molar refractivity (Wildman–Crippen MR) is 125 cm³/mol. The van der Waals surface area contributed by atoms with Crippen LogP contribution in [0.2, 0.25) is 0 Å². The van der Waals surface area contributed by atoms with E-state index in [4.69, 9.17) is 0 Å². The van der Waals surface area contributed by atoms with Gasteiger partial charge in [0.05, 0.1) is 6.17 Å². The highest BCUT2D eigenvalue weighted by Gasteiger charge is 2.17. The van der Waals surface area contributed by atoms with Crippen LogP contribution >= 0.6 is 0 Å². The number of nitrogens with one attached hydrogen (secondary N) is 2. The molecule has 0 saturated heterocycles. The lowest BCUT2D eigenvalue weighted by Gasteiger charge is -2.29. The lowest BCUT2D eigenvalue weighted by Crippen LogP contribution is -2.40. The van der Waals surface area contributed by atoms with Crippen LogP contribution in [0.1, 0.15) is 50.3 Å². The van der Waals surface area contributed by atoms with E-state index < -0.39 is 0 Å². The van der Waals surface area contributed by atoms with Gasteiger partial charge >= 0.3 is 0 Å². The van der Waals surface area contributed by atoms with Gasteiger partial charge in [0, 0.05) is 11.4 Å². The smallest absolute Gasteiger partial charge is 0.0990 e. The van der Waals surface area contributed by atoms with Crippen molar-refractivity contribution in [3.05, 3.63) is 90.5 Å². The summed E-state index contributed by atoms with van der Waals surface area (Å²) in [4.78, 5) is 0. The number of allylic oxidation sites excluding steroid dienone is 3. The molecule has 2 N–H and O–H groups in total. The van der Waals surface area contributed by atoms with Crippen molar-refractivity contribution in [2.75, 3.05) is 5.32 Å². The summed E-state index contributed by atoms with van der Waals surface area (Å²) in [6, 6.07) is 17.1. The van der Waals surface area contributed by atoms with Gasteiger partial charge in [0.2, 0.25) is 0 Å². The molecule has 2 rings (SSSR count). The second kappa shape index (κ2) is 10.6. The van der Waals surface area contributed by atoms with Gasteiger partial charge in [0.15, 0.2) is 0 Å². The van der Waals surface area contributed by atoms with Gasteiger partial charge in [0.1, 0.15) is 0 Å². The third kappa shape index (κ3) is 5.88. The summed E-state index contributed by atoms with van der Waals surface area (Å²) in [7, 11) is 0. The second-order valence-electron chi connectivity index (χ2n) is 7.37. The molecule has 0 amide bonds. The maximum absolute atomic E-state index is 4.13. The Morgan fingerprint density at radius 3 is 2.14 bits per heavy atom. The standard InChI is InChI=1S/C26H34N2/c1-7-10-25(23-13-11-19(4)12-14-23)28-26(21(6)9-3)27-24-17-15-22(16-18-24)20(5)8-2/h7,10-18,21,26-28H,1,5,8-9H2,2-4,6H3/b25-10-. The molecule has 2 aromatic carbocycles. The van der Waals surface area contributed by atoms with Crippen molar-refractivity contribution in [3.8, 4) is 0 Å².